The summed E-state index contributed by atoms with van der Waals surface area (Å²) in [6.07, 6.45) is 2.18. The van der Waals surface area contributed by atoms with Crippen LogP contribution in [0.3, 0.4) is 0 Å². The van der Waals surface area contributed by atoms with Crippen molar-refractivity contribution in [3.8, 4) is 0 Å². The average Bonchev–Trinajstić information content (AvgIpc) is 2.75. The molecular weight excluding hydrogens is 361 g/mol. The predicted octanol–water partition coefficient (Wildman–Crippen LogP) is 3.93. The summed E-state index contributed by atoms with van der Waals surface area (Å²) in [5.74, 6) is -2.22. The third kappa shape index (κ3) is 3.73. The van der Waals surface area contributed by atoms with E-state index < -0.39 is 23.7 Å². The first-order valence-electron chi connectivity index (χ1n) is 6.80. The molecule has 4 nitrogen and oxygen atoms in total. The van der Waals surface area contributed by atoms with Gasteiger partial charge in [-0.25, -0.2) is 9.18 Å². The number of thiocarbonyl (C=S) groups is 1. The van der Waals surface area contributed by atoms with E-state index in [9.17, 15) is 19.1 Å². The van der Waals surface area contributed by atoms with E-state index in [1.165, 1.54) is 24.3 Å². The highest BCUT2D eigenvalue weighted by molar-refractivity contribution is 8.26. The molecule has 1 aliphatic heterocycles. The first kappa shape index (κ1) is 17.9. The molecule has 1 amide bonds. The van der Waals surface area contributed by atoms with Crippen LogP contribution in [0.25, 0.3) is 6.08 Å². The lowest BCUT2D eigenvalue weighted by atomic mass is 10.1. The minimum Gasteiger partial charge on any atom is -0.480 e. The number of aliphatic carboxylic acids is 1. The Bertz CT molecular complexity index is 688. The molecule has 1 heterocycles. The summed E-state index contributed by atoms with van der Waals surface area (Å²) in [5.41, 5.74) is 0.0806. The summed E-state index contributed by atoms with van der Waals surface area (Å²) < 4.78 is 14.0. The Morgan fingerprint density at radius 2 is 2.26 bits per heavy atom. The van der Waals surface area contributed by atoms with Crippen LogP contribution in [0, 0.1) is 5.82 Å². The lowest BCUT2D eigenvalue weighted by Crippen LogP contribution is -2.43. The molecule has 23 heavy (non-hydrogen) atoms. The van der Waals surface area contributed by atoms with Crippen LogP contribution in [0.2, 0.25) is 5.02 Å². The number of nitrogens with zero attached hydrogens (tertiary/aromatic N) is 1. The van der Waals surface area contributed by atoms with Crippen molar-refractivity contribution in [3.63, 3.8) is 0 Å². The van der Waals surface area contributed by atoms with Crippen LogP contribution in [0.4, 0.5) is 4.39 Å². The van der Waals surface area contributed by atoms with Crippen LogP contribution in [0.15, 0.2) is 23.1 Å². The first-order chi connectivity index (χ1) is 10.9. The van der Waals surface area contributed by atoms with E-state index in [0.29, 0.717) is 6.42 Å². The molecule has 0 aromatic heterocycles. The Morgan fingerprint density at radius 1 is 1.57 bits per heavy atom. The molecule has 1 aliphatic rings. The molecule has 122 valence electrons. The molecule has 0 saturated carbocycles. The summed E-state index contributed by atoms with van der Waals surface area (Å²) in [4.78, 5) is 25.1. The number of amides is 1. The summed E-state index contributed by atoms with van der Waals surface area (Å²) >= 11 is 12.0. The van der Waals surface area contributed by atoms with Crippen molar-refractivity contribution in [2.24, 2.45) is 0 Å². The van der Waals surface area contributed by atoms with Crippen LogP contribution in [-0.4, -0.2) is 32.2 Å². The van der Waals surface area contributed by atoms with Crippen LogP contribution in [0.5, 0.6) is 0 Å². The predicted molar refractivity (Wildman–Crippen MR) is 92.8 cm³/mol. The van der Waals surface area contributed by atoms with Crippen LogP contribution < -0.4 is 0 Å². The number of hydrogen-bond donors (Lipinski definition) is 1. The molecule has 8 heteroatoms. The number of carboxylic acids is 1. The van der Waals surface area contributed by atoms with Crippen LogP contribution in [0.1, 0.15) is 25.3 Å². The van der Waals surface area contributed by atoms with Gasteiger partial charge in [0, 0.05) is 5.56 Å². The van der Waals surface area contributed by atoms with Crippen molar-refractivity contribution in [2.75, 3.05) is 0 Å². The van der Waals surface area contributed by atoms with Crippen molar-refractivity contribution in [3.05, 3.63) is 39.5 Å². The molecular formula is C15H13ClFNO3S2. The number of halogens is 2. The molecule has 1 aromatic rings. The van der Waals surface area contributed by atoms with Crippen molar-refractivity contribution >= 4 is 57.9 Å². The molecule has 0 bridgehead atoms. The normalized spacial score (nSPS) is 17.9. The topological polar surface area (TPSA) is 57.6 Å². The smallest absolute Gasteiger partial charge is 0.326 e. The Morgan fingerprint density at radius 3 is 2.83 bits per heavy atom. The molecule has 1 fully saturated rings. The molecule has 1 aromatic carbocycles. The van der Waals surface area contributed by atoms with Crippen molar-refractivity contribution in [1.82, 2.24) is 4.90 Å². The molecule has 1 N–H and O–H groups in total. The quantitative estimate of drug-likeness (QED) is 0.626. The second-order valence-corrected chi connectivity index (χ2v) is 6.91. The fraction of sp³-hybridized carbons (Fsp3) is 0.267. The number of rotatable bonds is 5. The number of hydrogen-bond acceptors (Lipinski definition) is 4. The van der Waals surface area contributed by atoms with E-state index >= 15 is 0 Å². The third-order valence-corrected chi connectivity index (χ3v) is 4.92. The monoisotopic (exact) mass is 373 g/mol. The molecule has 1 saturated heterocycles. The van der Waals surface area contributed by atoms with Gasteiger partial charge in [0.2, 0.25) is 0 Å². The molecule has 0 unspecified atom stereocenters. The highest BCUT2D eigenvalue weighted by Crippen LogP contribution is 2.36. The van der Waals surface area contributed by atoms with Gasteiger partial charge in [0.15, 0.2) is 0 Å². The lowest BCUT2D eigenvalue weighted by Gasteiger charge is -2.22. The van der Waals surface area contributed by atoms with Gasteiger partial charge < -0.3 is 5.11 Å². The Labute approximate surface area is 147 Å². The number of carbonyl (C=O) groups is 2. The Kier molecular flexibility index (Phi) is 5.78. The zero-order valence-electron chi connectivity index (χ0n) is 12.1. The molecule has 0 aliphatic carbocycles. The maximum Gasteiger partial charge on any atom is 0.326 e. The van der Waals surface area contributed by atoms with Gasteiger partial charge in [0.1, 0.15) is 16.2 Å². The van der Waals surface area contributed by atoms with E-state index in [1.807, 2.05) is 6.92 Å². The van der Waals surface area contributed by atoms with Crippen molar-refractivity contribution in [2.45, 2.75) is 25.8 Å². The zero-order valence-corrected chi connectivity index (χ0v) is 14.5. The number of benzene rings is 1. The van der Waals surface area contributed by atoms with Crippen LogP contribution in [-0.2, 0) is 9.59 Å². The highest BCUT2D eigenvalue weighted by Gasteiger charge is 2.40. The summed E-state index contributed by atoms with van der Waals surface area (Å²) in [6, 6.07) is 3.18. The SMILES string of the molecule is CCC[C@H](C(=O)O)N1C(=O)/C(=C/c2c(F)cccc2Cl)SC1=S. The largest absolute Gasteiger partial charge is 0.480 e. The highest BCUT2D eigenvalue weighted by atomic mass is 35.5. The third-order valence-electron chi connectivity index (χ3n) is 3.26. The van der Waals surface area contributed by atoms with Crippen molar-refractivity contribution < 1.29 is 19.1 Å². The second kappa shape index (κ2) is 7.42. The van der Waals surface area contributed by atoms with Gasteiger partial charge >= 0.3 is 5.97 Å². The standard InChI is InChI=1S/C15H13ClFNO3S2/c1-2-4-11(14(20)21)18-13(19)12(23-15(18)22)7-8-9(16)5-3-6-10(8)17/h3,5-7,11H,2,4H2,1H3,(H,20,21)/b12-7-/t11-/m1/s1. The molecule has 0 spiro atoms. The van der Waals surface area contributed by atoms with Crippen molar-refractivity contribution in [1.29, 1.82) is 0 Å². The summed E-state index contributed by atoms with van der Waals surface area (Å²) in [6.45, 7) is 1.82. The number of thioether (sulfide) groups is 1. The van der Waals surface area contributed by atoms with Gasteiger partial charge in [0.25, 0.3) is 5.91 Å². The van der Waals surface area contributed by atoms with E-state index in [1.54, 1.807) is 0 Å². The summed E-state index contributed by atoms with van der Waals surface area (Å²) in [7, 11) is 0. The van der Waals surface area contributed by atoms with E-state index in [4.69, 9.17) is 23.8 Å². The Hall–Kier alpha value is -1.44. The minimum absolute atomic E-state index is 0.0806. The van der Waals surface area contributed by atoms with Gasteiger partial charge in [-0.15, -0.1) is 0 Å². The fourth-order valence-corrected chi connectivity index (χ4v) is 3.72. The number of carbonyl (C=O) groups excluding carboxylic acids is 1. The summed E-state index contributed by atoms with van der Waals surface area (Å²) in [5, 5.41) is 9.47. The molecule has 1 atom stereocenters. The molecule has 0 radical (unpaired) electrons. The van der Waals surface area contributed by atoms with Gasteiger partial charge in [-0.2, -0.15) is 0 Å². The first-order valence-corrected chi connectivity index (χ1v) is 8.41. The van der Waals surface area contributed by atoms with Gasteiger partial charge in [-0.3, -0.25) is 9.69 Å². The maximum absolute atomic E-state index is 13.8. The van der Waals surface area contributed by atoms with Gasteiger partial charge in [-0.1, -0.05) is 55.0 Å². The zero-order chi connectivity index (χ0) is 17.1. The Balaban J connectivity index is 2.38. The fourth-order valence-electron chi connectivity index (χ4n) is 2.16. The average molecular weight is 374 g/mol. The number of carboxylic acid groups (broad SMARTS) is 1. The van der Waals surface area contributed by atoms with E-state index in [2.05, 4.69) is 0 Å². The lowest BCUT2D eigenvalue weighted by molar-refractivity contribution is -0.145. The second-order valence-electron chi connectivity index (χ2n) is 4.83. The van der Waals surface area contributed by atoms with Gasteiger partial charge in [-0.05, 0) is 24.6 Å². The van der Waals surface area contributed by atoms with E-state index in [-0.39, 0.29) is 26.2 Å². The minimum atomic E-state index is -1.12. The molecule has 2 rings (SSSR count). The van der Waals surface area contributed by atoms with E-state index in [0.717, 1.165) is 16.7 Å². The van der Waals surface area contributed by atoms with Crippen LogP contribution >= 0.6 is 35.6 Å². The maximum atomic E-state index is 13.8. The van der Waals surface area contributed by atoms with Gasteiger partial charge in [0.05, 0.1) is 9.93 Å².